The quantitative estimate of drug-likeness (QED) is 0.882. The Morgan fingerprint density at radius 1 is 1.00 bits per heavy atom. The van der Waals surface area contributed by atoms with E-state index in [1.165, 1.54) is 5.56 Å². The molecule has 0 bridgehead atoms. The Hall–Kier alpha value is -2.36. The van der Waals surface area contributed by atoms with Gasteiger partial charge in [-0.1, -0.05) is 12.1 Å². The van der Waals surface area contributed by atoms with E-state index in [1.807, 2.05) is 37.4 Å². The Balaban J connectivity index is 1.68. The van der Waals surface area contributed by atoms with Crippen LogP contribution in [0.25, 0.3) is 0 Å². The van der Waals surface area contributed by atoms with Crippen LogP contribution in [0.15, 0.2) is 42.5 Å². The van der Waals surface area contributed by atoms with E-state index < -0.39 is 0 Å². The van der Waals surface area contributed by atoms with Gasteiger partial charge in [0.2, 0.25) is 6.79 Å². The molecule has 0 aliphatic carbocycles. The fourth-order valence-electron chi connectivity index (χ4n) is 2.05. The molecule has 0 atom stereocenters. The minimum atomic E-state index is 0.309. The first-order chi connectivity index (χ1) is 9.35. The normalized spacial score (nSPS) is 12.3. The highest BCUT2D eigenvalue weighted by Crippen LogP contribution is 2.34. The van der Waals surface area contributed by atoms with Crippen LogP contribution >= 0.6 is 0 Å². The van der Waals surface area contributed by atoms with Gasteiger partial charge in [-0.25, -0.2) is 0 Å². The van der Waals surface area contributed by atoms with Crippen molar-refractivity contribution in [1.82, 2.24) is 0 Å². The van der Waals surface area contributed by atoms with Crippen molar-refractivity contribution in [2.75, 3.05) is 24.5 Å². The SMILES string of the molecule is CNc1cccc(CNc2ccc3c(c2)OCO3)c1. The number of fused-ring (bicyclic) bond motifs is 1. The van der Waals surface area contributed by atoms with Crippen molar-refractivity contribution < 1.29 is 9.47 Å². The summed E-state index contributed by atoms with van der Waals surface area (Å²) in [5.41, 5.74) is 3.37. The molecule has 0 unspecified atom stereocenters. The summed E-state index contributed by atoms with van der Waals surface area (Å²) < 4.78 is 10.6. The second-order valence-corrected chi connectivity index (χ2v) is 4.37. The average Bonchev–Trinajstić information content (AvgIpc) is 2.93. The first-order valence-electron chi connectivity index (χ1n) is 6.25. The van der Waals surface area contributed by atoms with Gasteiger partial charge in [-0.05, 0) is 29.8 Å². The topological polar surface area (TPSA) is 42.5 Å². The molecule has 1 aliphatic rings. The summed E-state index contributed by atoms with van der Waals surface area (Å²) in [7, 11) is 1.92. The Bertz CT molecular complexity index is 584. The highest BCUT2D eigenvalue weighted by Gasteiger charge is 2.12. The lowest BCUT2D eigenvalue weighted by molar-refractivity contribution is 0.174. The Morgan fingerprint density at radius 3 is 2.79 bits per heavy atom. The molecule has 0 saturated carbocycles. The molecule has 98 valence electrons. The van der Waals surface area contributed by atoms with Crippen LogP contribution in [0, 0.1) is 0 Å². The van der Waals surface area contributed by atoms with E-state index in [2.05, 4.69) is 22.8 Å². The predicted octanol–water partition coefficient (Wildman–Crippen LogP) is 3.07. The molecule has 4 nitrogen and oxygen atoms in total. The maximum Gasteiger partial charge on any atom is 0.231 e. The second kappa shape index (κ2) is 5.10. The third kappa shape index (κ3) is 2.57. The summed E-state index contributed by atoms with van der Waals surface area (Å²) in [6, 6.07) is 14.2. The van der Waals surface area contributed by atoms with E-state index in [1.54, 1.807) is 0 Å². The lowest BCUT2D eigenvalue weighted by Gasteiger charge is -2.08. The third-order valence-corrected chi connectivity index (χ3v) is 3.08. The lowest BCUT2D eigenvalue weighted by Crippen LogP contribution is -2.00. The highest BCUT2D eigenvalue weighted by molar-refractivity contribution is 5.56. The molecule has 2 aromatic rings. The molecule has 0 radical (unpaired) electrons. The van der Waals surface area contributed by atoms with Crippen molar-refractivity contribution >= 4 is 11.4 Å². The van der Waals surface area contributed by atoms with Gasteiger partial charge in [0.1, 0.15) is 0 Å². The molecule has 2 aromatic carbocycles. The first-order valence-corrected chi connectivity index (χ1v) is 6.25. The molecule has 2 N–H and O–H groups in total. The van der Waals surface area contributed by atoms with E-state index in [9.17, 15) is 0 Å². The van der Waals surface area contributed by atoms with E-state index in [0.717, 1.165) is 29.4 Å². The second-order valence-electron chi connectivity index (χ2n) is 4.37. The number of rotatable bonds is 4. The van der Waals surface area contributed by atoms with E-state index >= 15 is 0 Å². The van der Waals surface area contributed by atoms with Crippen LogP contribution < -0.4 is 20.1 Å². The molecule has 3 rings (SSSR count). The molecule has 0 amide bonds. The Morgan fingerprint density at radius 2 is 1.89 bits per heavy atom. The minimum Gasteiger partial charge on any atom is -0.454 e. The Labute approximate surface area is 112 Å². The largest absolute Gasteiger partial charge is 0.454 e. The highest BCUT2D eigenvalue weighted by atomic mass is 16.7. The average molecular weight is 256 g/mol. The number of nitrogens with one attached hydrogen (secondary N) is 2. The number of ether oxygens (including phenoxy) is 2. The standard InChI is InChI=1S/C15H16N2O2/c1-16-12-4-2-3-11(7-12)9-17-13-5-6-14-15(8-13)19-10-18-14/h2-8,16-17H,9-10H2,1H3. The summed E-state index contributed by atoms with van der Waals surface area (Å²) in [6.45, 7) is 1.08. The summed E-state index contributed by atoms with van der Waals surface area (Å²) in [4.78, 5) is 0. The summed E-state index contributed by atoms with van der Waals surface area (Å²) in [5, 5.41) is 6.51. The van der Waals surface area contributed by atoms with E-state index in [4.69, 9.17) is 9.47 Å². The van der Waals surface area contributed by atoms with Gasteiger partial charge in [-0.3, -0.25) is 0 Å². The van der Waals surface area contributed by atoms with Crippen LogP contribution in [-0.4, -0.2) is 13.8 Å². The van der Waals surface area contributed by atoms with Crippen LogP contribution in [-0.2, 0) is 6.54 Å². The van der Waals surface area contributed by atoms with E-state index in [-0.39, 0.29) is 0 Å². The van der Waals surface area contributed by atoms with Crippen molar-refractivity contribution in [3.05, 3.63) is 48.0 Å². The maximum absolute atomic E-state index is 5.36. The number of benzene rings is 2. The summed E-state index contributed by atoms with van der Waals surface area (Å²) >= 11 is 0. The van der Waals surface area contributed by atoms with Gasteiger partial charge < -0.3 is 20.1 Å². The molecule has 1 heterocycles. The summed E-state index contributed by atoms with van der Waals surface area (Å²) in [6.07, 6.45) is 0. The molecule has 0 saturated heterocycles. The molecule has 0 aromatic heterocycles. The van der Waals surface area contributed by atoms with Gasteiger partial charge in [0.05, 0.1) is 0 Å². The fraction of sp³-hybridized carbons (Fsp3) is 0.200. The molecule has 0 fully saturated rings. The van der Waals surface area contributed by atoms with Gasteiger partial charge in [0.15, 0.2) is 11.5 Å². The zero-order valence-corrected chi connectivity index (χ0v) is 10.8. The maximum atomic E-state index is 5.36. The first kappa shape index (κ1) is 11.7. The summed E-state index contributed by atoms with van der Waals surface area (Å²) in [5.74, 6) is 1.61. The number of anilines is 2. The zero-order chi connectivity index (χ0) is 13.1. The van der Waals surface area contributed by atoms with Crippen molar-refractivity contribution in [2.24, 2.45) is 0 Å². The molecule has 19 heavy (non-hydrogen) atoms. The zero-order valence-electron chi connectivity index (χ0n) is 10.8. The van der Waals surface area contributed by atoms with Crippen molar-refractivity contribution in [3.63, 3.8) is 0 Å². The molecular weight excluding hydrogens is 240 g/mol. The molecule has 4 heteroatoms. The van der Waals surface area contributed by atoms with Gasteiger partial charge in [0.25, 0.3) is 0 Å². The van der Waals surface area contributed by atoms with Gasteiger partial charge >= 0.3 is 0 Å². The Kier molecular flexibility index (Phi) is 3.14. The fourth-order valence-corrected chi connectivity index (χ4v) is 2.05. The number of hydrogen-bond donors (Lipinski definition) is 2. The van der Waals surface area contributed by atoms with Gasteiger partial charge in [0, 0.05) is 31.0 Å². The van der Waals surface area contributed by atoms with Gasteiger partial charge in [-0.2, -0.15) is 0 Å². The predicted molar refractivity (Wildman–Crippen MR) is 75.9 cm³/mol. The molecular formula is C15H16N2O2. The van der Waals surface area contributed by atoms with Crippen LogP contribution in [0.3, 0.4) is 0 Å². The van der Waals surface area contributed by atoms with Crippen LogP contribution in [0.4, 0.5) is 11.4 Å². The van der Waals surface area contributed by atoms with Crippen LogP contribution in [0.5, 0.6) is 11.5 Å². The number of hydrogen-bond acceptors (Lipinski definition) is 4. The lowest BCUT2D eigenvalue weighted by atomic mass is 10.2. The molecule has 0 spiro atoms. The van der Waals surface area contributed by atoms with Crippen LogP contribution in [0.2, 0.25) is 0 Å². The van der Waals surface area contributed by atoms with Crippen molar-refractivity contribution in [1.29, 1.82) is 0 Å². The monoisotopic (exact) mass is 256 g/mol. The minimum absolute atomic E-state index is 0.309. The van der Waals surface area contributed by atoms with E-state index in [0.29, 0.717) is 6.79 Å². The smallest absolute Gasteiger partial charge is 0.231 e. The van der Waals surface area contributed by atoms with Crippen LogP contribution in [0.1, 0.15) is 5.56 Å². The van der Waals surface area contributed by atoms with Crippen molar-refractivity contribution in [2.45, 2.75) is 6.54 Å². The van der Waals surface area contributed by atoms with Crippen molar-refractivity contribution in [3.8, 4) is 11.5 Å². The van der Waals surface area contributed by atoms with Gasteiger partial charge in [-0.15, -0.1) is 0 Å². The third-order valence-electron chi connectivity index (χ3n) is 3.08. The molecule has 1 aliphatic heterocycles.